The van der Waals surface area contributed by atoms with Crippen molar-refractivity contribution in [2.45, 2.75) is 19.3 Å². The van der Waals surface area contributed by atoms with E-state index < -0.39 is 11.4 Å². The van der Waals surface area contributed by atoms with Crippen molar-refractivity contribution >= 4 is 11.9 Å². The molecule has 1 heterocycles. The number of nitrogens with one attached hydrogen (secondary N) is 2. The lowest BCUT2D eigenvalue weighted by Crippen LogP contribution is -2.54. The highest BCUT2D eigenvalue weighted by atomic mass is 16.4. The molecule has 0 spiro atoms. The number of carboxylic acid groups (broad SMARTS) is 1. The maximum Gasteiger partial charge on any atom is 0.311 e. The second-order valence-corrected chi connectivity index (χ2v) is 4.51. The van der Waals surface area contributed by atoms with Crippen LogP contribution in [-0.2, 0) is 9.59 Å². The lowest BCUT2D eigenvalue weighted by molar-refractivity contribution is -0.154. The molecular formula is C10H16N2O3. The van der Waals surface area contributed by atoms with E-state index in [2.05, 4.69) is 10.6 Å². The Morgan fingerprint density at radius 3 is 2.40 bits per heavy atom. The van der Waals surface area contributed by atoms with E-state index in [1.165, 1.54) is 0 Å². The number of amides is 1. The second-order valence-electron chi connectivity index (χ2n) is 4.51. The van der Waals surface area contributed by atoms with Crippen LogP contribution in [0.15, 0.2) is 0 Å². The third kappa shape index (κ3) is 1.84. The number of hydrogen-bond donors (Lipinski definition) is 3. The van der Waals surface area contributed by atoms with Gasteiger partial charge in [-0.1, -0.05) is 6.42 Å². The van der Waals surface area contributed by atoms with Crippen LogP contribution in [-0.4, -0.2) is 36.6 Å². The van der Waals surface area contributed by atoms with Crippen LogP contribution in [0.4, 0.5) is 0 Å². The number of aliphatic carboxylic acids is 1. The molecule has 84 valence electrons. The maximum atomic E-state index is 11.5. The molecule has 1 saturated heterocycles. The van der Waals surface area contributed by atoms with Crippen LogP contribution in [0.25, 0.3) is 0 Å². The Balaban J connectivity index is 1.80. The molecule has 2 aliphatic rings. The van der Waals surface area contributed by atoms with E-state index in [4.69, 9.17) is 5.11 Å². The molecule has 0 radical (unpaired) electrons. The van der Waals surface area contributed by atoms with Crippen LogP contribution < -0.4 is 10.6 Å². The molecule has 0 atom stereocenters. The molecular weight excluding hydrogens is 196 g/mol. The van der Waals surface area contributed by atoms with Crippen LogP contribution in [0.3, 0.4) is 0 Å². The minimum absolute atomic E-state index is 0.0127. The summed E-state index contributed by atoms with van der Waals surface area (Å²) in [6.45, 7) is 1.72. The van der Waals surface area contributed by atoms with E-state index in [1.54, 1.807) is 0 Å². The summed E-state index contributed by atoms with van der Waals surface area (Å²) >= 11 is 0. The first-order valence-corrected chi connectivity index (χ1v) is 5.36. The molecule has 3 N–H and O–H groups in total. The Bertz CT molecular complexity index is 282. The summed E-state index contributed by atoms with van der Waals surface area (Å²) < 4.78 is 0. The molecule has 1 saturated carbocycles. The van der Waals surface area contributed by atoms with Gasteiger partial charge in [-0.05, 0) is 12.8 Å². The number of carboxylic acids is 1. The average molecular weight is 212 g/mol. The van der Waals surface area contributed by atoms with Crippen LogP contribution in [0.1, 0.15) is 19.3 Å². The van der Waals surface area contributed by atoms with Crippen molar-refractivity contribution in [1.29, 1.82) is 0 Å². The standard InChI is InChI=1S/C10H16N2O3/c13-8(7-4-11-5-7)12-6-10(9(14)15)2-1-3-10/h7,11H,1-6H2,(H,12,13)(H,14,15). The first-order chi connectivity index (χ1) is 7.14. The van der Waals surface area contributed by atoms with Gasteiger partial charge in [0.05, 0.1) is 11.3 Å². The van der Waals surface area contributed by atoms with E-state index in [1.807, 2.05) is 0 Å². The Kier molecular flexibility index (Phi) is 2.65. The van der Waals surface area contributed by atoms with E-state index in [0.717, 1.165) is 6.42 Å². The van der Waals surface area contributed by atoms with Crippen molar-refractivity contribution in [2.24, 2.45) is 11.3 Å². The van der Waals surface area contributed by atoms with Gasteiger partial charge in [-0.25, -0.2) is 0 Å². The Hall–Kier alpha value is -1.10. The fraction of sp³-hybridized carbons (Fsp3) is 0.800. The Morgan fingerprint density at radius 1 is 1.40 bits per heavy atom. The van der Waals surface area contributed by atoms with E-state index in [0.29, 0.717) is 25.9 Å². The molecule has 5 heteroatoms. The monoisotopic (exact) mass is 212 g/mol. The zero-order valence-electron chi connectivity index (χ0n) is 8.58. The van der Waals surface area contributed by atoms with Crippen molar-refractivity contribution < 1.29 is 14.7 Å². The fourth-order valence-electron chi connectivity index (χ4n) is 1.94. The van der Waals surface area contributed by atoms with Crippen molar-refractivity contribution in [3.05, 3.63) is 0 Å². The quantitative estimate of drug-likeness (QED) is 0.591. The van der Waals surface area contributed by atoms with E-state index in [9.17, 15) is 9.59 Å². The Morgan fingerprint density at radius 2 is 2.07 bits per heavy atom. The summed E-state index contributed by atoms with van der Waals surface area (Å²) in [4.78, 5) is 22.5. The van der Waals surface area contributed by atoms with Gasteiger partial charge in [-0.2, -0.15) is 0 Å². The number of carbonyl (C=O) groups is 2. The zero-order valence-corrected chi connectivity index (χ0v) is 8.58. The molecule has 1 aliphatic heterocycles. The Labute approximate surface area is 88.2 Å². The predicted molar refractivity (Wildman–Crippen MR) is 53.3 cm³/mol. The molecule has 0 aromatic rings. The van der Waals surface area contributed by atoms with Gasteiger partial charge in [0.1, 0.15) is 0 Å². The molecule has 1 aliphatic carbocycles. The van der Waals surface area contributed by atoms with Gasteiger partial charge in [0.2, 0.25) is 5.91 Å². The highest BCUT2D eigenvalue weighted by Gasteiger charge is 2.44. The van der Waals surface area contributed by atoms with Gasteiger partial charge in [0.15, 0.2) is 0 Å². The first kappa shape index (κ1) is 10.4. The first-order valence-electron chi connectivity index (χ1n) is 5.36. The SMILES string of the molecule is O=C(NCC1(C(=O)O)CCC1)C1CNC1. The van der Waals surface area contributed by atoms with E-state index in [-0.39, 0.29) is 18.4 Å². The van der Waals surface area contributed by atoms with Crippen molar-refractivity contribution in [1.82, 2.24) is 10.6 Å². The zero-order chi connectivity index (χ0) is 10.9. The van der Waals surface area contributed by atoms with Crippen LogP contribution in [0.2, 0.25) is 0 Å². The molecule has 1 amide bonds. The summed E-state index contributed by atoms with van der Waals surface area (Å²) in [6, 6.07) is 0. The molecule has 0 aromatic carbocycles. The summed E-state index contributed by atoms with van der Waals surface area (Å²) in [5.74, 6) is -0.752. The number of carbonyl (C=O) groups excluding carboxylic acids is 1. The van der Waals surface area contributed by atoms with Crippen LogP contribution >= 0.6 is 0 Å². The third-order valence-corrected chi connectivity index (χ3v) is 3.52. The van der Waals surface area contributed by atoms with Gasteiger partial charge in [-0.15, -0.1) is 0 Å². The number of rotatable bonds is 4. The minimum atomic E-state index is -0.777. The molecule has 5 nitrogen and oxygen atoms in total. The summed E-state index contributed by atoms with van der Waals surface area (Å²) in [6.07, 6.45) is 2.32. The lowest BCUT2D eigenvalue weighted by Gasteiger charge is -2.38. The molecule has 0 bridgehead atoms. The molecule has 2 fully saturated rings. The molecule has 0 unspecified atom stereocenters. The van der Waals surface area contributed by atoms with Gasteiger partial charge < -0.3 is 15.7 Å². The smallest absolute Gasteiger partial charge is 0.311 e. The molecule has 0 aromatic heterocycles. The molecule has 2 rings (SSSR count). The summed E-state index contributed by atoms with van der Waals surface area (Å²) in [5.41, 5.74) is -0.674. The summed E-state index contributed by atoms with van der Waals surface area (Å²) in [7, 11) is 0. The fourth-order valence-corrected chi connectivity index (χ4v) is 1.94. The van der Waals surface area contributed by atoms with Gasteiger partial charge >= 0.3 is 5.97 Å². The largest absolute Gasteiger partial charge is 0.481 e. The topological polar surface area (TPSA) is 78.4 Å². The third-order valence-electron chi connectivity index (χ3n) is 3.52. The number of hydrogen-bond acceptors (Lipinski definition) is 3. The van der Waals surface area contributed by atoms with Crippen molar-refractivity contribution in [3.8, 4) is 0 Å². The average Bonchev–Trinajstić information content (AvgIpc) is 1.97. The van der Waals surface area contributed by atoms with E-state index >= 15 is 0 Å². The maximum absolute atomic E-state index is 11.5. The second kappa shape index (κ2) is 3.81. The minimum Gasteiger partial charge on any atom is -0.481 e. The lowest BCUT2D eigenvalue weighted by atomic mass is 9.68. The van der Waals surface area contributed by atoms with Gasteiger partial charge in [0.25, 0.3) is 0 Å². The normalized spacial score (nSPS) is 23.7. The van der Waals surface area contributed by atoms with Crippen LogP contribution in [0, 0.1) is 11.3 Å². The molecule has 15 heavy (non-hydrogen) atoms. The van der Waals surface area contributed by atoms with Crippen LogP contribution in [0.5, 0.6) is 0 Å². The van der Waals surface area contributed by atoms with Gasteiger partial charge in [0, 0.05) is 19.6 Å². The van der Waals surface area contributed by atoms with Crippen molar-refractivity contribution in [2.75, 3.05) is 19.6 Å². The van der Waals surface area contributed by atoms with Gasteiger partial charge in [-0.3, -0.25) is 9.59 Å². The highest BCUT2D eigenvalue weighted by molar-refractivity contribution is 5.82. The van der Waals surface area contributed by atoms with Crippen molar-refractivity contribution in [3.63, 3.8) is 0 Å². The predicted octanol–water partition coefficient (Wildman–Crippen LogP) is -0.423. The summed E-state index contributed by atoms with van der Waals surface area (Å²) in [5, 5.41) is 14.8. The highest BCUT2D eigenvalue weighted by Crippen LogP contribution is 2.40.